The number of halogens is 1. The van der Waals surface area contributed by atoms with Gasteiger partial charge in [0.2, 0.25) is 0 Å². The number of carbonyl (C=O) groups excluding carboxylic acids is 1. The zero-order valence-electron chi connectivity index (χ0n) is 14.0. The van der Waals surface area contributed by atoms with E-state index in [-0.39, 0.29) is 10.8 Å². The molecule has 2 unspecified atom stereocenters. The molecule has 0 radical (unpaired) electrons. The van der Waals surface area contributed by atoms with Gasteiger partial charge in [0.25, 0.3) is 16.0 Å². The molecule has 2 atom stereocenters. The second-order valence-electron chi connectivity index (χ2n) is 6.10. The average Bonchev–Trinajstić information content (AvgIpc) is 2.79. The van der Waals surface area contributed by atoms with Crippen molar-refractivity contribution in [1.82, 2.24) is 10.2 Å². The Morgan fingerprint density at radius 2 is 1.92 bits per heavy atom. The third kappa shape index (κ3) is 2.97. The third-order valence-electron chi connectivity index (χ3n) is 4.58. The van der Waals surface area contributed by atoms with Gasteiger partial charge in [-0.05, 0) is 41.8 Å². The molecule has 0 spiro atoms. The molecule has 2 aromatic carbocycles. The van der Waals surface area contributed by atoms with Crippen LogP contribution in [0.5, 0.6) is 0 Å². The summed E-state index contributed by atoms with van der Waals surface area (Å²) in [6, 6.07) is 11.7. The molecular formula is C17H17BrN2O4S2. The Kier molecular flexibility index (Phi) is 4.95. The maximum Gasteiger partial charge on any atom is 0.294 e. The van der Waals surface area contributed by atoms with E-state index in [0.717, 1.165) is 4.47 Å². The highest BCUT2D eigenvalue weighted by atomic mass is 79.9. The maximum absolute atomic E-state index is 13.3. The molecule has 26 heavy (non-hydrogen) atoms. The Hall–Kier alpha value is -1.39. The van der Waals surface area contributed by atoms with Gasteiger partial charge in [-0.25, -0.2) is 0 Å². The predicted octanol–water partition coefficient (Wildman–Crippen LogP) is 2.52. The summed E-state index contributed by atoms with van der Waals surface area (Å²) in [7, 11) is -2.81. The first kappa shape index (κ1) is 19.4. The van der Waals surface area contributed by atoms with Gasteiger partial charge in [0.05, 0.1) is 4.90 Å². The molecule has 0 saturated carbocycles. The summed E-state index contributed by atoms with van der Waals surface area (Å²) in [4.78, 5) is 14.5. The number of hydrogen-bond donors (Lipinski definition) is 3. The van der Waals surface area contributed by atoms with Crippen LogP contribution >= 0.6 is 28.6 Å². The van der Waals surface area contributed by atoms with Gasteiger partial charge in [0.15, 0.2) is 5.54 Å². The molecule has 6 nitrogen and oxygen atoms in total. The van der Waals surface area contributed by atoms with Crippen LogP contribution in [0.4, 0.5) is 0 Å². The Bertz CT molecular complexity index is 996. The summed E-state index contributed by atoms with van der Waals surface area (Å²) >= 11 is 7.83. The van der Waals surface area contributed by atoms with Gasteiger partial charge < -0.3 is 4.90 Å². The van der Waals surface area contributed by atoms with E-state index in [4.69, 9.17) is 0 Å². The second kappa shape index (κ2) is 6.65. The standard InChI is InChI=1S/C17H17BrN2O4S2/c1-10-13(7-4-8-14(10)26(22,23)24)17(11-5-3-6-12(18)9-11)15(21)20(2)16(25)19-17/h3-9,16,19,25H,1-2H3,(H,22,23,24). The number of thiol groups is 1. The molecule has 0 aromatic heterocycles. The molecule has 1 fully saturated rings. The van der Waals surface area contributed by atoms with Crippen LogP contribution in [0.1, 0.15) is 16.7 Å². The molecule has 2 N–H and O–H groups in total. The monoisotopic (exact) mass is 456 g/mol. The molecule has 1 heterocycles. The van der Waals surface area contributed by atoms with Crippen LogP contribution in [-0.4, -0.2) is 36.3 Å². The topological polar surface area (TPSA) is 86.7 Å². The van der Waals surface area contributed by atoms with E-state index < -0.39 is 21.2 Å². The second-order valence-corrected chi connectivity index (χ2v) is 8.89. The third-order valence-corrected chi connectivity index (χ3v) is 6.54. The molecule has 0 aliphatic carbocycles. The van der Waals surface area contributed by atoms with E-state index in [1.165, 1.54) is 17.0 Å². The van der Waals surface area contributed by atoms with Crippen LogP contribution in [0.15, 0.2) is 51.8 Å². The molecule has 1 aliphatic heterocycles. The fourth-order valence-corrected chi connectivity index (χ4v) is 4.75. The number of nitrogens with one attached hydrogen (secondary N) is 1. The minimum Gasteiger partial charge on any atom is -0.319 e. The molecule has 9 heteroatoms. The Balaban J connectivity index is 2.37. The minimum absolute atomic E-state index is 0.232. The Morgan fingerprint density at radius 1 is 1.27 bits per heavy atom. The lowest BCUT2D eigenvalue weighted by Crippen LogP contribution is -2.45. The molecule has 3 rings (SSSR count). The first-order valence-corrected chi connectivity index (χ1v) is 10.4. The first-order valence-electron chi connectivity index (χ1n) is 7.65. The normalized spacial score (nSPS) is 23.5. The Morgan fingerprint density at radius 3 is 2.46 bits per heavy atom. The number of rotatable bonds is 3. The first-order chi connectivity index (χ1) is 12.1. The van der Waals surface area contributed by atoms with Crippen LogP contribution in [0.25, 0.3) is 0 Å². The molecule has 1 amide bonds. The lowest BCUT2D eigenvalue weighted by Gasteiger charge is -2.30. The van der Waals surface area contributed by atoms with E-state index in [2.05, 4.69) is 33.9 Å². The highest BCUT2D eigenvalue weighted by molar-refractivity contribution is 9.10. The highest BCUT2D eigenvalue weighted by Gasteiger charge is 2.52. The van der Waals surface area contributed by atoms with E-state index >= 15 is 0 Å². The SMILES string of the molecule is Cc1c(C2(c3cccc(Br)c3)NC(S)N(C)C2=O)cccc1S(=O)(=O)O. The molecular weight excluding hydrogens is 440 g/mol. The summed E-state index contributed by atoms with van der Waals surface area (Å²) in [6.45, 7) is 1.57. The summed E-state index contributed by atoms with van der Waals surface area (Å²) in [6.07, 6.45) is 0. The van der Waals surface area contributed by atoms with Crippen molar-refractivity contribution in [1.29, 1.82) is 0 Å². The number of amides is 1. The maximum atomic E-state index is 13.3. The van der Waals surface area contributed by atoms with Crippen molar-refractivity contribution in [3.63, 3.8) is 0 Å². The van der Waals surface area contributed by atoms with Gasteiger partial charge >= 0.3 is 0 Å². The average molecular weight is 457 g/mol. The minimum atomic E-state index is -4.43. The van der Waals surface area contributed by atoms with Crippen molar-refractivity contribution >= 4 is 44.6 Å². The largest absolute Gasteiger partial charge is 0.319 e. The Labute approximate surface area is 165 Å². The fraction of sp³-hybridized carbons (Fsp3) is 0.235. The van der Waals surface area contributed by atoms with Gasteiger partial charge in [-0.15, -0.1) is 12.6 Å². The smallest absolute Gasteiger partial charge is 0.294 e. The molecule has 1 aliphatic rings. The van der Waals surface area contributed by atoms with E-state index in [1.807, 2.05) is 6.07 Å². The van der Waals surface area contributed by atoms with E-state index in [1.54, 1.807) is 38.2 Å². The summed E-state index contributed by atoms with van der Waals surface area (Å²) in [5.74, 6) is -0.272. The lowest BCUT2D eigenvalue weighted by molar-refractivity contribution is -0.130. The van der Waals surface area contributed by atoms with Crippen molar-refractivity contribution < 1.29 is 17.8 Å². The molecule has 2 aromatic rings. The van der Waals surface area contributed by atoms with E-state index in [9.17, 15) is 17.8 Å². The number of likely N-dealkylation sites (N-methyl/N-ethyl adjacent to an activating group) is 1. The van der Waals surface area contributed by atoms with Gasteiger partial charge in [0.1, 0.15) is 5.50 Å². The lowest BCUT2D eigenvalue weighted by atomic mass is 9.80. The van der Waals surface area contributed by atoms with Crippen molar-refractivity contribution in [2.45, 2.75) is 22.9 Å². The summed E-state index contributed by atoms with van der Waals surface area (Å²) < 4.78 is 33.8. The zero-order chi connectivity index (χ0) is 19.3. The number of hydrogen-bond acceptors (Lipinski definition) is 5. The molecule has 0 bridgehead atoms. The van der Waals surface area contributed by atoms with Crippen LogP contribution in [0, 0.1) is 6.92 Å². The van der Waals surface area contributed by atoms with Crippen molar-refractivity contribution in [2.75, 3.05) is 7.05 Å². The highest BCUT2D eigenvalue weighted by Crippen LogP contribution is 2.41. The summed E-state index contributed by atoms with van der Waals surface area (Å²) in [5.41, 5.74) is -0.507. The predicted molar refractivity (Wildman–Crippen MR) is 105 cm³/mol. The fourth-order valence-electron chi connectivity index (χ4n) is 3.30. The van der Waals surface area contributed by atoms with Crippen molar-refractivity contribution in [2.24, 2.45) is 0 Å². The van der Waals surface area contributed by atoms with Crippen LogP contribution in [-0.2, 0) is 20.5 Å². The zero-order valence-corrected chi connectivity index (χ0v) is 17.3. The summed E-state index contributed by atoms with van der Waals surface area (Å²) in [5, 5.41) is 3.19. The number of carbonyl (C=O) groups is 1. The van der Waals surface area contributed by atoms with Gasteiger partial charge in [0, 0.05) is 11.5 Å². The van der Waals surface area contributed by atoms with Crippen molar-refractivity contribution in [3.8, 4) is 0 Å². The van der Waals surface area contributed by atoms with Gasteiger partial charge in [-0.3, -0.25) is 14.7 Å². The van der Waals surface area contributed by atoms with Gasteiger partial charge in [-0.1, -0.05) is 40.2 Å². The van der Waals surface area contributed by atoms with Crippen molar-refractivity contribution in [3.05, 3.63) is 63.6 Å². The van der Waals surface area contributed by atoms with E-state index in [0.29, 0.717) is 16.7 Å². The van der Waals surface area contributed by atoms with Gasteiger partial charge in [-0.2, -0.15) is 8.42 Å². The number of nitrogens with zero attached hydrogens (tertiary/aromatic N) is 1. The molecule has 1 saturated heterocycles. The quantitative estimate of drug-likeness (QED) is 0.487. The van der Waals surface area contributed by atoms with Crippen LogP contribution in [0.3, 0.4) is 0 Å². The molecule has 138 valence electrons. The number of benzene rings is 2. The van der Waals surface area contributed by atoms with Crippen LogP contribution < -0.4 is 5.32 Å². The van der Waals surface area contributed by atoms with Crippen LogP contribution in [0.2, 0.25) is 0 Å².